The fraction of sp³-hybridized carbons (Fsp3) is 0.375. The Morgan fingerprint density at radius 3 is 2.45 bits per heavy atom. The Bertz CT molecular complexity index is 1130. The quantitative estimate of drug-likeness (QED) is 0.494. The van der Waals surface area contributed by atoms with Gasteiger partial charge in [0.2, 0.25) is 5.78 Å². The lowest BCUT2D eigenvalue weighted by atomic mass is 10.1. The third-order valence-corrected chi connectivity index (χ3v) is 6.18. The number of hydrogen-bond donors (Lipinski definition) is 0. The molecule has 0 unspecified atom stereocenters. The number of fused-ring (bicyclic) bond motifs is 3. The van der Waals surface area contributed by atoms with E-state index in [1.54, 1.807) is 7.11 Å². The number of aromatic nitrogens is 3. The lowest BCUT2D eigenvalue weighted by molar-refractivity contribution is 0.222. The van der Waals surface area contributed by atoms with Crippen LogP contribution < -0.4 is 4.74 Å². The van der Waals surface area contributed by atoms with E-state index in [2.05, 4.69) is 57.2 Å². The number of benzene rings is 2. The Labute approximate surface area is 171 Å². The van der Waals surface area contributed by atoms with Gasteiger partial charge in [-0.2, -0.15) is 0 Å². The molecule has 4 aromatic rings. The van der Waals surface area contributed by atoms with E-state index in [4.69, 9.17) is 9.72 Å². The van der Waals surface area contributed by atoms with Crippen molar-refractivity contribution in [2.45, 2.75) is 32.7 Å². The summed E-state index contributed by atoms with van der Waals surface area (Å²) in [5.41, 5.74) is 5.91. The van der Waals surface area contributed by atoms with Crippen LogP contribution in [0.25, 0.3) is 28.1 Å². The molecule has 5 rings (SSSR count). The van der Waals surface area contributed by atoms with Crippen molar-refractivity contribution in [2.75, 3.05) is 26.7 Å². The van der Waals surface area contributed by atoms with Gasteiger partial charge in [-0.3, -0.25) is 4.40 Å². The van der Waals surface area contributed by atoms with E-state index in [0.29, 0.717) is 0 Å². The second-order valence-corrected chi connectivity index (χ2v) is 7.95. The SMILES string of the molecule is COc1ccc(-c2c(C)n3c4ccccc4nc3n2CCN2CCCCC2)cc1. The zero-order valence-electron chi connectivity index (χ0n) is 17.3. The Balaban J connectivity index is 1.63. The Morgan fingerprint density at radius 1 is 0.931 bits per heavy atom. The summed E-state index contributed by atoms with van der Waals surface area (Å²) >= 11 is 0. The van der Waals surface area contributed by atoms with E-state index < -0.39 is 0 Å². The average molecular weight is 389 g/mol. The maximum Gasteiger partial charge on any atom is 0.215 e. The Morgan fingerprint density at radius 2 is 1.69 bits per heavy atom. The predicted molar refractivity (Wildman–Crippen MR) is 118 cm³/mol. The van der Waals surface area contributed by atoms with Crippen molar-refractivity contribution >= 4 is 16.8 Å². The van der Waals surface area contributed by atoms with Crippen molar-refractivity contribution in [3.05, 3.63) is 54.2 Å². The summed E-state index contributed by atoms with van der Waals surface area (Å²) in [5, 5.41) is 0. The lowest BCUT2D eigenvalue weighted by Crippen LogP contribution is -2.32. The Kier molecular flexibility index (Phi) is 4.76. The van der Waals surface area contributed by atoms with Crippen LogP contribution in [-0.4, -0.2) is 45.6 Å². The maximum absolute atomic E-state index is 5.36. The summed E-state index contributed by atoms with van der Waals surface area (Å²) in [6.07, 6.45) is 4.00. The monoisotopic (exact) mass is 388 g/mol. The minimum atomic E-state index is 0.882. The summed E-state index contributed by atoms with van der Waals surface area (Å²) in [5.74, 6) is 1.92. The first-order valence-electron chi connectivity index (χ1n) is 10.6. The highest BCUT2D eigenvalue weighted by Crippen LogP contribution is 2.31. The predicted octanol–water partition coefficient (Wildman–Crippen LogP) is 4.76. The number of ether oxygens (including phenoxy) is 1. The van der Waals surface area contributed by atoms with E-state index in [-0.39, 0.29) is 0 Å². The highest BCUT2D eigenvalue weighted by molar-refractivity contribution is 5.82. The number of hydrogen-bond acceptors (Lipinski definition) is 3. The van der Waals surface area contributed by atoms with Gasteiger partial charge in [-0.25, -0.2) is 4.98 Å². The van der Waals surface area contributed by atoms with Crippen molar-refractivity contribution in [2.24, 2.45) is 0 Å². The van der Waals surface area contributed by atoms with Crippen molar-refractivity contribution < 1.29 is 4.74 Å². The minimum Gasteiger partial charge on any atom is -0.497 e. The fourth-order valence-electron chi connectivity index (χ4n) is 4.68. The molecule has 0 amide bonds. The summed E-state index contributed by atoms with van der Waals surface area (Å²) < 4.78 is 10.1. The van der Waals surface area contributed by atoms with Gasteiger partial charge in [-0.1, -0.05) is 18.6 Å². The fourth-order valence-corrected chi connectivity index (χ4v) is 4.68. The molecule has 5 nitrogen and oxygen atoms in total. The van der Waals surface area contributed by atoms with E-state index in [9.17, 15) is 0 Å². The molecule has 0 N–H and O–H groups in total. The molecule has 1 fully saturated rings. The van der Waals surface area contributed by atoms with Gasteiger partial charge in [0.1, 0.15) is 5.75 Å². The van der Waals surface area contributed by atoms with Crippen molar-refractivity contribution in [1.29, 1.82) is 0 Å². The number of methoxy groups -OCH3 is 1. The molecular weight excluding hydrogens is 360 g/mol. The van der Waals surface area contributed by atoms with Crippen LogP contribution in [0.3, 0.4) is 0 Å². The van der Waals surface area contributed by atoms with Crippen LogP contribution in [0.1, 0.15) is 25.0 Å². The molecule has 0 saturated carbocycles. The molecule has 2 aromatic carbocycles. The minimum absolute atomic E-state index is 0.882. The van der Waals surface area contributed by atoms with Crippen LogP contribution >= 0.6 is 0 Å². The highest BCUT2D eigenvalue weighted by atomic mass is 16.5. The summed E-state index contributed by atoms with van der Waals surface area (Å²) in [4.78, 5) is 7.60. The zero-order chi connectivity index (χ0) is 19.8. The number of imidazole rings is 2. The second kappa shape index (κ2) is 7.56. The highest BCUT2D eigenvalue weighted by Gasteiger charge is 2.20. The standard InChI is InChI=1S/C24H28N4O/c1-18-23(19-10-12-20(29-2)13-11-19)27(17-16-26-14-6-3-7-15-26)24-25-21-8-4-5-9-22(21)28(18)24/h4-5,8-13H,3,6-7,14-17H2,1-2H3. The molecule has 0 aliphatic carbocycles. The lowest BCUT2D eigenvalue weighted by Gasteiger charge is -2.26. The normalized spacial score (nSPS) is 15.4. The molecule has 29 heavy (non-hydrogen) atoms. The van der Waals surface area contributed by atoms with Crippen LogP contribution in [0.4, 0.5) is 0 Å². The van der Waals surface area contributed by atoms with Crippen LogP contribution in [0.15, 0.2) is 48.5 Å². The first-order chi connectivity index (χ1) is 14.3. The van der Waals surface area contributed by atoms with Crippen LogP contribution in [0.2, 0.25) is 0 Å². The summed E-state index contributed by atoms with van der Waals surface area (Å²) in [6, 6.07) is 16.8. The van der Waals surface area contributed by atoms with Gasteiger partial charge in [0.15, 0.2) is 0 Å². The topological polar surface area (TPSA) is 34.7 Å². The number of likely N-dealkylation sites (tertiary alicyclic amines) is 1. The van der Waals surface area contributed by atoms with Gasteiger partial charge in [0.05, 0.1) is 23.8 Å². The van der Waals surface area contributed by atoms with Crippen LogP contribution in [-0.2, 0) is 6.54 Å². The van der Waals surface area contributed by atoms with Gasteiger partial charge >= 0.3 is 0 Å². The van der Waals surface area contributed by atoms with E-state index in [0.717, 1.165) is 30.1 Å². The maximum atomic E-state index is 5.36. The molecule has 3 heterocycles. The third kappa shape index (κ3) is 3.19. The van der Waals surface area contributed by atoms with Crippen LogP contribution in [0.5, 0.6) is 5.75 Å². The molecule has 150 valence electrons. The largest absolute Gasteiger partial charge is 0.497 e. The summed E-state index contributed by atoms with van der Waals surface area (Å²) in [7, 11) is 1.71. The molecule has 1 aliphatic rings. The Hall–Kier alpha value is -2.79. The van der Waals surface area contributed by atoms with Gasteiger partial charge in [0.25, 0.3) is 0 Å². The number of piperidine rings is 1. The smallest absolute Gasteiger partial charge is 0.215 e. The zero-order valence-corrected chi connectivity index (χ0v) is 17.3. The molecule has 5 heteroatoms. The average Bonchev–Trinajstić information content (AvgIpc) is 3.28. The first-order valence-corrected chi connectivity index (χ1v) is 10.6. The van der Waals surface area contributed by atoms with E-state index >= 15 is 0 Å². The second-order valence-electron chi connectivity index (χ2n) is 7.95. The third-order valence-electron chi connectivity index (χ3n) is 6.18. The van der Waals surface area contributed by atoms with Gasteiger partial charge < -0.3 is 14.2 Å². The first kappa shape index (κ1) is 18.3. The molecule has 0 bridgehead atoms. The number of para-hydroxylation sites is 2. The molecule has 0 radical (unpaired) electrons. The van der Waals surface area contributed by atoms with Crippen molar-refractivity contribution in [3.8, 4) is 17.0 Å². The van der Waals surface area contributed by atoms with Gasteiger partial charge in [-0.15, -0.1) is 0 Å². The van der Waals surface area contributed by atoms with Crippen molar-refractivity contribution in [3.63, 3.8) is 0 Å². The number of rotatable bonds is 5. The molecular formula is C24H28N4O. The number of nitrogens with zero attached hydrogens (tertiary/aromatic N) is 4. The molecule has 0 spiro atoms. The molecule has 0 atom stereocenters. The van der Waals surface area contributed by atoms with Gasteiger partial charge in [-0.05, 0) is 69.3 Å². The molecule has 1 aliphatic heterocycles. The molecule has 1 saturated heterocycles. The number of aryl methyl sites for hydroxylation is 1. The van der Waals surface area contributed by atoms with E-state index in [1.807, 2.05) is 12.1 Å². The van der Waals surface area contributed by atoms with E-state index in [1.165, 1.54) is 54.8 Å². The van der Waals surface area contributed by atoms with Crippen molar-refractivity contribution in [1.82, 2.24) is 18.9 Å². The molecule has 2 aromatic heterocycles. The van der Waals surface area contributed by atoms with Gasteiger partial charge in [0, 0.05) is 24.3 Å². The summed E-state index contributed by atoms with van der Waals surface area (Å²) in [6.45, 7) is 6.64. The van der Waals surface area contributed by atoms with Crippen LogP contribution in [0, 0.1) is 6.92 Å².